The SMILES string of the molecule is COc1ccc2cc(-c3cc(N)nn3C)[nH]c2c1. The monoisotopic (exact) mass is 242 g/mol. The van der Waals surface area contributed by atoms with Crippen molar-refractivity contribution in [3.63, 3.8) is 0 Å². The lowest BCUT2D eigenvalue weighted by Crippen LogP contribution is -1.94. The van der Waals surface area contributed by atoms with Crippen molar-refractivity contribution in [1.29, 1.82) is 0 Å². The predicted molar refractivity (Wildman–Crippen MR) is 71.5 cm³/mol. The Kier molecular flexibility index (Phi) is 2.26. The summed E-state index contributed by atoms with van der Waals surface area (Å²) in [7, 11) is 3.53. The second-order valence-corrected chi connectivity index (χ2v) is 4.21. The normalized spacial score (nSPS) is 11.0. The van der Waals surface area contributed by atoms with Crippen molar-refractivity contribution in [2.24, 2.45) is 7.05 Å². The molecule has 2 aromatic heterocycles. The van der Waals surface area contributed by atoms with Gasteiger partial charge in [-0.3, -0.25) is 4.68 Å². The van der Waals surface area contributed by atoms with Crippen molar-refractivity contribution in [2.45, 2.75) is 0 Å². The fraction of sp³-hybridized carbons (Fsp3) is 0.154. The lowest BCUT2D eigenvalue weighted by atomic mass is 10.2. The summed E-state index contributed by atoms with van der Waals surface area (Å²) in [5.41, 5.74) is 8.67. The highest BCUT2D eigenvalue weighted by atomic mass is 16.5. The molecule has 18 heavy (non-hydrogen) atoms. The summed E-state index contributed by atoms with van der Waals surface area (Å²) >= 11 is 0. The van der Waals surface area contributed by atoms with Gasteiger partial charge >= 0.3 is 0 Å². The van der Waals surface area contributed by atoms with Gasteiger partial charge in [-0.1, -0.05) is 0 Å². The van der Waals surface area contributed by atoms with Crippen molar-refractivity contribution in [3.8, 4) is 17.1 Å². The number of benzene rings is 1. The molecule has 0 spiro atoms. The van der Waals surface area contributed by atoms with Crippen LogP contribution in [-0.2, 0) is 7.05 Å². The average Bonchev–Trinajstić information content (AvgIpc) is 2.90. The summed E-state index contributed by atoms with van der Waals surface area (Å²) in [6.07, 6.45) is 0. The third-order valence-electron chi connectivity index (χ3n) is 3.00. The highest BCUT2D eigenvalue weighted by molar-refractivity contribution is 5.86. The van der Waals surface area contributed by atoms with Gasteiger partial charge in [-0.2, -0.15) is 5.10 Å². The number of nitrogens with two attached hydrogens (primary N) is 1. The summed E-state index contributed by atoms with van der Waals surface area (Å²) in [5, 5.41) is 5.27. The molecule has 5 nitrogen and oxygen atoms in total. The van der Waals surface area contributed by atoms with Crippen molar-refractivity contribution >= 4 is 16.7 Å². The third-order valence-corrected chi connectivity index (χ3v) is 3.00. The number of hydrogen-bond acceptors (Lipinski definition) is 3. The van der Waals surface area contributed by atoms with Crippen LogP contribution in [0.25, 0.3) is 22.3 Å². The Morgan fingerprint density at radius 3 is 2.78 bits per heavy atom. The minimum atomic E-state index is 0.517. The van der Waals surface area contributed by atoms with Crippen LogP contribution in [0.15, 0.2) is 30.3 Å². The van der Waals surface area contributed by atoms with Gasteiger partial charge in [0.15, 0.2) is 0 Å². The highest BCUT2D eigenvalue weighted by Crippen LogP contribution is 2.27. The number of anilines is 1. The van der Waals surface area contributed by atoms with Gasteiger partial charge in [0.25, 0.3) is 0 Å². The zero-order chi connectivity index (χ0) is 12.7. The molecular weight excluding hydrogens is 228 g/mol. The summed E-state index contributed by atoms with van der Waals surface area (Å²) in [4.78, 5) is 3.34. The van der Waals surface area contributed by atoms with E-state index in [1.54, 1.807) is 11.8 Å². The van der Waals surface area contributed by atoms with Crippen LogP contribution in [-0.4, -0.2) is 21.9 Å². The van der Waals surface area contributed by atoms with Gasteiger partial charge in [-0.25, -0.2) is 0 Å². The van der Waals surface area contributed by atoms with E-state index < -0.39 is 0 Å². The number of aryl methyl sites for hydroxylation is 1. The number of aromatic amines is 1. The maximum Gasteiger partial charge on any atom is 0.146 e. The Balaban J connectivity index is 2.16. The summed E-state index contributed by atoms with van der Waals surface area (Å²) in [5.74, 6) is 1.35. The molecule has 92 valence electrons. The zero-order valence-corrected chi connectivity index (χ0v) is 10.3. The lowest BCUT2D eigenvalue weighted by molar-refractivity contribution is 0.415. The van der Waals surface area contributed by atoms with E-state index in [0.717, 1.165) is 28.0 Å². The zero-order valence-electron chi connectivity index (χ0n) is 10.3. The van der Waals surface area contributed by atoms with Gasteiger partial charge in [0.2, 0.25) is 0 Å². The molecule has 0 saturated heterocycles. The number of nitrogens with zero attached hydrogens (tertiary/aromatic N) is 2. The summed E-state index contributed by atoms with van der Waals surface area (Å²) in [6, 6.07) is 9.86. The number of H-pyrrole nitrogens is 1. The minimum Gasteiger partial charge on any atom is -0.497 e. The molecule has 0 saturated carbocycles. The van der Waals surface area contributed by atoms with E-state index in [0.29, 0.717) is 5.82 Å². The molecule has 0 aliphatic carbocycles. The van der Waals surface area contributed by atoms with Crippen LogP contribution in [0.3, 0.4) is 0 Å². The molecule has 3 rings (SSSR count). The number of aromatic nitrogens is 3. The van der Waals surface area contributed by atoms with E-state index in [9.17, 15) is 0 Å². The first-order valence-electron chi connectivity index (χ1n) is 5.64. The molecule has 0 fully saturated rings. The number of methoxy groups -OCH3 is 1. The number of nitrogens with one attached hydrogen (secondary N) is 1. The van der Waals surface area contributed by atoms with Crippen LogP contribution in [0.4, 0.5) is 5.82 Å². The van der Waals surface area contributed by atoms with E-state index in [1.165, 1.54) is 0 Å². The van der Waals surface area contributed by atoms with Gasteiger partial charge in [0, 0.05) is 30.1 Å². The van der Waals surface area contributed by atoms with Crippen molar-refractivity contribution < 1.29 is 4.74 Å². The van der Waals surface area contributed by atoms with Gasteiger partial charge in [0.1, 0.15) is 11.6 Å². The van der Waals surface area contributed by atoms with E-state index >= 15 is 0 Å². The first kappa shape index (κ1) is 10.7. The first-order chi connectivity index (χ1) is 8.67. The minimum absolute atomic E-state index is 0.517. The third kappa shape index (κ3) is 1.60. The molecule has 0 amide bonds. The smallest absolute Gasteiger partial charge is 0.146 e. The standard InChI is InChI=1S/C13H14N4O/c1-17-12(7-13(14)16-17)11-5-8-3-4-9(18-2)6-10(8)15-11/h3-7,15H,1-2H3,(H2,14,16). The largest absolute Gasteiger partial charge is 0.497 e. The average molecular weight is 242 g/mol. The fourth-order valence-electron chi connectivity index (χ4n) is 2.11. The second-order valence-electron chi connectivity index (χ2n) is 4.21. The molecule has 3 aromatic rings. The fourth-order valence-corrected chi connectivity index (χ4v) is 2.11. The molecule has 3 N–H and O–H groups in total. The number of hydrogen-bond donors (Lipinski definition) is 2. The summed E-state index contributed by atoms with van der Waals surface area (Å²) < 4.78 is 6.97. The molecule has 5 heteroatoms. The van der Waals surface area contributed by atoms with Gasteiger partial charge < -0.3 is 15.5 Å². The summed E-state index contributed by atoms with van der Waals surface area (Å²) in [6.45, 7) is 0. The molecule has 1 aromatic carbocycles. The van der Waals surface area contributed by atoms with Crippen molar-refractivity contribution in [2.75, 3.05) is 12.8 Å². The van der Waals surface area contributed by atoms with Crippen molar-refractivity contribution in [3.05, 3.63) is 30.3 Å². The van der Waals surface area contributed by atoms with Crippen LogP contribution in [0.2, 0.25) is 0 Å². The van der Waals surface area contributed by atoms with Crippen LogP contribution in [0.5, 0.6) is 5.75 Å². The molecule has 0 unspecified atom stereocenters. The number of rotatable bonds is 2. The Hall–Kier alpha value is -2.43. The highest BCUT2D eigenvalue weighted by Gasteiger charge is 2.09. The van der Waals surface area contributed by atoms with E-state index in [-0.39, 0.29) is 0 Å². The number of fused-ring (bicyclic) bond motifs is 1. The quantitative estimate of drug-likeness (QED) is 0.723. The molecular formula is C13H14N4O. The van der Waals surface area contributed by atoms with E-state index in [4.69, 9.17) is 10.5 Å². The van der Waals surface area contributed by atoms with Crippen LogP contribution >= 0.6 is 0 Å². The van der Waals surface area contributed by atoms with Crippen molar-refractivity contribution in [1.82, 2.24) is 14.8 Å². The molecule has 0 radical (unpaired) electrons. The van der Waals surface area contributed by atoms with E-state index in [2.05, 4.69) is 16.1 Å². The molecule has 0 atom stereocenters. The molecule has 0 aliphatic rings. The number of nitrogen functional groups attached to an aromatic ring is 1. The maximum atomic E-state index is 5.69. The maximum absolute atomic E-state index is 5.69. The molecule has 0 aliphatic heterocycles. The first-order valence-corrected chi connectivity index (χ1v) is 5.64. The topological polar surface area (TPSA) is 68.9 Å². The predicted octanol–water partition coefficient (Wildman–Crippen LogP) is 2.16. The second kappa shape index (κ2) is 3.80. The Morgan fingerprint density at radius 2 is 2.11 bits per heavy atom. The number of ether oxygens (including phenoxy) is 1. The Labute approximate surface area is 104 Å². The van der Waals surface area contributed by atoms with Gasteiger partial charge in [0.05, 0.1) is 18.5 Å². The Morgan fingerprint density at radius 1 is 1.28 bits per heavy atom. The van der Waals surface area contributed by atoms with Crippen LogP contribution in [0.1, 0.15) is 0 Å². The van der Waals surface area contributed by atoms with E-state index in [1.807, 2.05) is 31.3 Å². The van der Waals surface area contributed by atoms with Gasteiger partial charge in [-0.05, 0) is 18.2 Å². The molecule has 0 bridgehead atoms. The Bertz CT molecular complexity index is 711. The lowest BCUT2D eigenvalue weighted by Gasteiger charge is -1.98. The molecule has 2 heterocycles. The van der Waals surface area contributed by atoms with Gasteiger partial charge in [-0.15, -0.1) is 0 Å². The van der Waals surface area contributed by atoms with Crippen LogP contribution < -0.4 is 10.5 Å². The van der Waals surface area contributed by atoms with Crippen LogP contribution in [0, 0.1) is 0 Å².